The number of alkyl halides is 2. The van der Waals surface area contributed by atoms with Crippen LogP contribution in [0, 0.1) is 5.92 Å². The molecule has 33 heavy (non-hydrogen) atoms. The van der Waals surface area contributed by atoms with Gasteiger partial charge in [-0.3, -0.25) is 14.3 Å². The van der Waals surface area contributed by atoms with Crippen LogP contribution in [0.5, 0.6) is 5.75 Å². The number of nitrogens with one attached hydrogen (secondary N) is 1. The van der Waals surface area contributed by atoms with Crippen molar-refractivity contribution >= 4 is 23.4 Å². The molecule has 1 aromatic carbocycles. The number of benzene rings is 1. The summed E-state index contributed by atoms with van der Waals surface area (Å²) in [5.74, 6) is 1.19. The third-order valence-electron chi connectivity index (χ3n) is 5.68. The summed E-state index contributed by atoms with van der Waals surface area (Å²) in [6.07, 6.45) is 8.05. The van der Waals surface area contributed by atoms with Gasteiger partial charge < -0.3 is 10.1 Å². The van der Waals surface area contributed by atoms with Crippen molar-refractivity contribution in [2.45, 2.75) is 50.4 Å². The number of carbonyl (C=O) groups excluding carboxylic acids is 1. The number of aromatic nitrogens is 4. The molecule has 2 heterocycles. The first kappa shape index (κ1) is 23.2. The van der Waals surface area contributed by atoms with Crippen molar-refractivity contribution in [3.05, 3.63) is 48.8 Å². The summed E-state index contributed by atoms with van der Waals surface area (Å²) in [5, 5.41) is 12.3. The Morgan fingerprint density at radius 3 is 2.70 bits per heavy atom. The smallest absolute Gasteiger partial charge is 0.387 e. The number of anilines is 1. The summed E-state index contributed by atoms with van der Waals surface area (Å²) in [6, 6.07) is 9.91. The number of ether oxygens (including phenoxy) is 1. The van der Waals surface area contributed by atoms with E-state index in [0.29, 0.717) is 16.8 Å². The van der Waals surface area contributed by atoms with Crippen LogP contribution < -0.4 is 10.1 Å². The Labute approximate surface area is 195 Å². The lowest BCUT2D eigenvalue weighted by atomic mass is 9.85. The molecule has 0 aliphatic heterocycles. The quantitative estimate of drug-likeness (QED) is 0.440. The first-order valence-electron chi connectivity index (χ1n) is 10.8. The van der Waals surface area contributed by atoms with Crippen LogP contribution in [-0.4, -0.2) is 38.0 Å². The van der Waals surface area contributed by atoms with Crippen molar-refractivity contribution in [1.82, 2.24) is 19.7 Å². The second kappa shape index (κ2) is 10.7. The molecule has 0 radical (unpaired) electrons. The number of amides is 1. The Balaban J connectivity index is 1.47. The van der Waals surface area contributed by atoms with E-state index in [4.69, 9.17) is 0 Å². The average Bonchev–Trinajstić information content (AvgIpc) is 3.23. The molecule has 0 spiro atoms. The molecule has 1 N–H and O–H groups in total. The molecule has 1 aliphatic carbocycles. The third-order valence-corrected chi connectivity index (χ3v) is 6.62. The van der Waals surface area contributed by atoms with Crippen LogP contribution in [0.3, 0.4) is 0 Å². The van der Waals surface area contributed by atoms with E-state index in [9.17, 15) is 13.6 Å². The van der Waals surface area contributed by atoms with Gasteiger partial charge in [-0.25, -0.2) is 0 Å². The number of carbonyl (C=O) groups is 1. The molecule has 1 fully saturated rings. The fraction of sp³-hybridized carbons (Fsp3) is 0.391. The predicted molar refractivity (Wildman–Crippen MR) is 122 cm³/mol. The van der Waals surface area contributed by atoms with E-state index in [1.165, 1.54) is 42.4 Å². The lowest BCUT2D eigenvalue weighted by molar-refractivity contribution is -0.113. The zero-order chi connectivity index (χ0) is 23.2. The second-order valence-electron chi connectivity index (χ2n) is 7.99. The molecule has 0 unspecified atom stereocenters. The molecule has 2 atom stereocenters. The Hall–Kier alpha value is -3.01. The molecule has 10 heteroatoms. The molecule has 1 amide bonds. The minimum Gasteiger partial charge on any atom is -0.435 e. The first-order chi connectivity index (χ1) is 16.0. The number of halogens is 2. The van der Waals surface area contributed by atoms with Crippen LogP contribution in [0.4, 0.5) is 14.5 Å². The molecule has 4 rings (SSSR count). The maximum atomic E-state index is 12.5. The number of rotatable bonds is 8. The molecular formula is C23H25F2N5O2S. The fourth-order valence-electron chi connectivity index (χ4n) is 4.09. The van der Waals surface area contributed by atoms with Crippen molar-refractivity contribution in [2.75, 3.05) is 11.1 Å². The fourth-order valence-corrected chi connectivity index (χ4v) is 4.89. The molecular weight excluding hydrogens is 448 g/mol. The van der Waals surface area contributed by atoms with E-state index in [1.54, 1.807) is 12.4 Å². The van der Waals surface area contributed by atoms with Crippen LogP contribution in [0.1, 0.15) is 38.6 Å². The van der Waals surface area contributed by atoms with Gasteiger partial charge in [-0.2, -0.15) is 8.78 Å². The normalized spacial score (nSPS) is 18.3. The van der Waals surface area contributed by atoms with Crippen molar-refractivity contribution in [3.8, 4) is 17.1 Å². The van der Waals surface area contributed by atoms with E-state index < -0.39 is 6.61 Å². The zero-order valence-corrected chi connectivity index (χ0v) is 19.0. The first-order valence-corrected chi connectivity index (χ1v) is 11.8. The summed E-state index contributed by atoms with van der Waals surface area (Å²) in [4.78, 5) is 16.7. The maximum Gasteiger partial charge on any atom is 0.387 e. The largest absolute Gasteiger partial charge is 0.435 e. The van der Waals surface area contributed by atoms with Gasteiger partial charge in [0.15, 0.2) is 11.0 Å². The Morgan fingerprint density at radius 2 is 2.00 bits per heavy atom. The minimum absolute atomic E-state index is 0.0370. The van der Waals surface area contributed by atoms with Gasteiger partial charge in [-0.1, -0.05) is 31.5 Å². The van der Waals surface area contributed by atoms with Crippen LogP contribution in [-0.2, 0) is 4.79 Å². The molecule has 3 aromatic rings. The maximum absolute atomic E-state index is 12.5. The van der Waals surface area contributed by atoms with Crippen LogP contribution >= 0.6 is 11.8 Å². The van der Waals surface area contributed by atoms with Crippen LogP contribution in [0.2, 0.25) is 0 Å². The predicted octanol–water partition coefficient (Wildman–Crippen LogP) is 5.42. The highest BCUT2D eigenvalue weighted by molar-refractivity contribution is 7.99. The topological polar surface area (TPSA) is 81.9 Å². The molecule has 1 aliphatic rings. The second-order valence-corrected chi connectivity index (χ2v) is 8.93. The summed E-state index contributed by atoms with van der Waals surface area (Å²) in [7, 11) is 0. The standard InChI is InChI=1S/C23H25F2N5O2S/c1-15-5-2-3-7-19(15)30-21(16-6-4-12-26-13-16)28-29-23(30)33-14-20(31)27-17-8-10-18(11-9-17)32-22(24)25/h4,6,8-13,15,19,22H,2-3,5,7,14H2,1H3,(H,27,31)/t15-,19-/m1/s1. The number of hydrogen-bond acceptors (Lipinski definition) is 6. The van der Waals surface area contributed by atoms with E-state index in [-0.39, 0.29) is 23.5 Å². The average molecular weight is 474 g/mol. The van der Waals surface area contributed by atoms with Crippen molar-refractivity contribution in [2.24, 2.45) is 5.92 Å². The summed E-state index contributed by atoms with van der Waals surface area (Å²) >= 11 is 1.33. The van der Waals surface area contributed by atoms with Crippen molar-refractivity contribution < 1.29 is 18.3 Å². The van der Waals surface area contributed by atoms with Gasteiger partial charge in [0.05, 0.1) is 5.75 Å². The summed E-state index contributed by atoms with van der Waals surface area (Å²) < 4.78 is 31.1. The minimum atomic E-state index is -2.89. The Morgan fingerprint density at radius 1 is 1.21 bits per heavy atom. The van der Waals surface area contributed by atoms with Crippen LogP contribution in [0.25, 0.3) is 11.4 Å². The van der Waals surface area contributed by atoms with Gasteiger partial charge in [-0.15, -0.1) is 10.2 Å². The van der Waals surface area contributed by atoms with E-state index in [0.717, 1.165) is 30.7 Å². The molecule has 0 saturated heterocycles. The van der Waals surface area contributed by atoms with Crippen LogP contribution in [0.15, 0.2) is 53.9 Å². The van der Waals surface area contributed by atoms with Crippen molar-refractivity contribution in [3.63, 3.8) is 0 Å². The van der Waals surface area contributed by atoms with Gasteiger partial charge in [-0.05, 0) is 55.2 Å². The molecule has 2 aromatic heterocycles. The highest BCUT2D eigenvalue weighted by Gasteiger charge is 2.29. The number of pyridine rings is 1. The van der Waals surface area contributed by atoms with E-state index in [2.05, 4.69) is 36.7 Å². The van der Waals surface area contributed by atoms with Gasteiger partial charge in [0.2, 0.25) is 5.91 Å². The molecule has 0 bridgehead atoms. The van der Waals surface area contributed by atoms with Gasteiger partial charge in [0.25, 0.3) is 0 Å². The van der Waals surface area contributed by atoms with Gasteiger partial charge in [0.1, 0.15) is 5.75 Å². The Kier molecular flexibility index (Phi) is 7.54. The zero-order valence-electron chi connectivity index (χ0n) is 18.2. The SMILES string of the molecule is C[C@@H]1CCCC[C@H]1n1c(SCC(=O)Nc2ccc(OC(F)F)cc2)nnc1-c1cccnc1. The van der Waals surface area contributed by atoms with Crippen molar-refractivity contribution in [1.29, 1.82) is 0 Å². The third kappa shape index (κ3) is 5.87. The number of nitrogens with zero attached hydrogens (tertiary/aromatic N) is 4. The van der Waals surface area contributed by atoms with Gasteiger partial charge in [0, 0.05) is 29.7 Å². The highest BCUT2D eigenvalue weighted by atomic mass is 32.2. The van der Waals surface area contributed by atoms with E-state index >= 15 is 0 Å². The Bertz CT molecular complexity index is 1060. The summed E-state index contributed by atoms with van der Waals surface area (Å²) in [5.41, 5.74) is 1.39. The molecule has 1 saturated carbocycles. The highest BCUT2D eigenvalue weighted by Crippen LogP contribution is 2.38. The summed E-state index contributed by atoms with van der Waals surface area (Å²) in [6.45, 7) is -0.637. The lowest BCUT2D eigenvalue weighted by Crippen LogP contribution is -2.23. The van der Waals surface area contributed by atoms with Gasteiger partial charge >= 0.3 is 6.61 Å². The van der Waals surface area contributed by atoms with E-state index in [1.807, 2.05) is 12.1 Å². The molecule has 174 valence electrons. The number of thioether (sulfide) groups is 1. The monoisotopic (exact) mass is 473 g/mol. The number of hydrogen-bond donors (Lipinski definition) is 1. The lowest BCUT2D eigenvalue weighted by Gasteiger charge is -2.31. The molecule has 7 nitrogen and oxygen atoms in total.